The highest BCUT2D eigenvalue weighted by Crippen LogP contribution is 2.37. The standard InChI is InChI=1S/C12H18O2S/c1-12(2,3)15-9-6-7-10(13-4)11(8-9)14-5/h6-8H,1-5H3. The van der Waals surface area contributed by atoms with Crippen molar-refractivity contribution >= 4 is 11.8 Å². The Bertz CT molecular complexity index is 329. The van der Waals surface area contributed by atoms with Crippen LogP contribution in [-0.2, 0) is 0 Å². The maximum atomic E-state index is 5.25. The summed E-state index contributed by atoms with van der Waals surface area (Å²) in [5.74, 6) is 1.56. The second kappa shape index (κ2) is 4.79. The van der Waals surface area contributed by atoms with Crippen LogP contribution in [0, 0.1) is 0 Å². The SMILES string of the molecule is COc1ccc(SC(C)(C)C)cc1OC. The summed E-state index contributed by atoms with van der Waals surface area (Å²) in [5, 5.41) is 0. The molecule has 0 radical (unpaired) electrons. The molecule has 0 saturated heterocycles. The van der Waals surface area contributed by atoms with Crippen LogP contribution in [0.25, 0.3) is 0 Å². The molecule has 0 aromatic heterocycles. The molecule has 1 aromatic carbocycles. The van der Waals surface area contributed by atoms with Crippen molar-refractivity contribution in [2.45, 2.75) is 30.4 Å². The first-order valence-electron chi connectivity index (χ1n) is 4.87. The first-order chi connectivity index (χ1) is 6.96. The van der Waals surface area contributed by atoms with E-state index in [0.717, 1.165) is 11.5 Å². The molecule has 2 nitrogen and oxygen atoms in total. The highest BCUT2D eigenvalue weighted by atomic mass is 32.2. The van der Waals surface area contributed by atoms with Crippen molar-refractivity contribution in [1.82, 2.24) is 0 Å². The molecule has 0 heterocycles. The zero-order chi connectivity index (χ0) is 11.5. The van der Waals surface area contributed by atoms with E-state index in [1.807, 2.05) is 23.9 Å². The summed E-state index contributed by atoms with van der Waals surface area (Å²) in [6, 6.07) is 6.00. The van der Waals surface area contributed by atoms with Crippen molar-refractivity contribution in [1.29, 1.82) is 0 Å². The Kier molecular flexibility index (Phi) is 3.91. The summed E-state index contributed by atoms with van der Waals surface area (Å²) in [6.07, 6.45) is 0. The van der Waals surface area contributed by atoms with Gasteiger partial charge in [-0.3, -0.25) is 0 Å². The smallest absolute Gasteiger partial charge is 0.161 e. The van der Waals surface area contributed by atoms with E-state index in [-0.39, 0.29) is 4.75 Å². The Morgan fingerprint density at radius 2 is 1.60 bits per heavy atom. The van der Waals surface area contributed by atoms with E-state index in [9.17, 15) is 0 Å². The minimum Gasteiger partial charge on any atom is -0.493 e. The van der Waals surface area contributed by atoms with E-state index < -0.39 is 0 Å². The number of benzene rings is 1. The van der Waals surface area contributed by atoms with E-state index in [1.54, 1.807) is 14.2 Å². The molecule has 1 rings (SSSR count). The van der Waals surface area contributed by atoms with Gasteiger partial charge < -0.3 is 9.47 Å². The highest BCUT2D eigenvalue weighted by Gasteiger charge is 2.13. The molecule has 0 aliphatic carbocycles. The minimum absolute atomic E-state index is 0.208. The van der Waals surface area contributed by atoms with Crippen LogP contribution in [0.5, 0.6) is 11.5 Å². The van der Waals surface area contributed by atoms with Crippen molar-refractivity contribution in [2.75, 3.05) is 14.2 Å². The number of hydrogen-bond acceptors (Lipinski definition) is 3. The fourth-order valence-corrected chi connectivity index (χ4v) is 2.24. The summed E-state index contributed by atoms with van der Waals surface area (Å²) in [4.78, 5) is 1.19. The third-order valence-electron chi connectivity index (χ3n) is 1.78. The van der Waals surface area contributed by atoms with Gasteiger partial charge in [0.05, 0.1) is 14.2 Å². The van der Waals surface area contributed by atoms with Crippen LogP contribution in [-0.4, -0.2) is 19.0 Å². The number of ether oxygens (including phenoxy) is 2. The first kappa shape index (κ1) is 12.2. The molecule has 0 unspecified atom stereocenters. The van der Waals surface area contributed by atoms with Gasteiger partial charge in [-0.05, 0) is 18.2 Å². The molecule has 0 fully saturated rings. The third-order valence-corrected chi connectivity index (χ3v) is 2.88. The molecule has 3 heteroatoms. The van der Waals surface area contributed by atoms with E-state index in [1.165, 1.54) is 4.90 Å². The van der Waals surface area contributed by atoms with Gasteiger partial charge in [-0.2, -0.15) is 0 Å². The molecule has 0 N–H and O–H groups in total. The van der Waals surface area contributed by atoms with Crippen molar-refractivity contribution in [3.8, 4) is 11.5 Å². The molecule has 0 aliphatic rings. The van der Waals surface area contributed by atoms with Crippen molar-refractivity contribution < 1.29 is 9.47 Å². The molecule has 1 aromatic rings. The van der Waals surface area contributed by atoms with Gasteiger partial charge in [0, 0.05) is 9.64 Å². The van der Waals surface area contributed by atoms with E-state index in [2.05, 4.69) is 26.8 Å². The molecular weight excluding hydrogens is 208 g/mol. The van der Waals surface area contributed by atoms with Crippen LogP contribution in [0.1, 0.15) is 20.8 Å². The Morgan fingerprint density at radius 1 is 1.00 bits per heavy atom. The second-order valence-electron chi connectivity index (χ2n) is 4.23. The Balaban J connectivity index is 2.93. The third kappa shape index (κ3) is 3.67. The van der Waals surface area contributed by atoms with Gasteiger partial charge in [0.1, 0.15) is 0 Å². The van der Waals surface area contributed by atoms with Gasteiger partial charge >= 0.3 is 0 Å². The maximum absolute atomic E-state index is 5.25. The average molecular weight is 226 g/mol. The molecule has 84 valence electrons. The van der Waals surface area contributed by atoms with E-state index in [0.29, 0.717) is 0 Å². The van der Waals surface area contributed by atoms with Crippen LogP contribution >= 0.6 is 11.8 Å². The second-order valence-corrected chi connectivity index (χ2v) is 6.13. The summed E-state index contributed by atoms with van der Waals surface area (Å²) in [5.41, 5.74) is 0. The lowest BCUT2D eigenvalue weighted by Crippen LogP contribution is -2.06. The van der Waals surface area contributed by atoms with Crippen molar-refractivity contribution in [3.05, 3.63) is 18.2 Å². The highest BCUT2D eigenvalue weighted by molar-refractivity contribution is 8.00. The van der Waals surface area contributed by atoms with Gasteiger partial charge in [-0.25, -0.2) is 0 Å². The van der Waals surface area contributed by atoms with Crippen molar-refractivity contribution in [2.24, 2.45) is 0 Å². The van der Waals surface area contributed by atoms with Gasteiger partial charge in [-0.1, -0.05) is 20.8 Å². The Morgan fingerprint density at radius 3 is 2.07 bits per heavy atom. The van der Waals surface area contributed by atoms with Crippen LogP contribution in [0.3, 0.4) is 0 Å². The fourth-order valence-electron chi connectivity index (χ4n) is 1.23. The molecule has 0 saturated carbocycles. The predicted molar refractivity (Wildman–Crippen MR) is 65.2 cm³/mol. The molecule has 15 heavy (non-hydrogen) atoms. The zero-order valence-electron chi connectivity index (χ0n) is 9.96. The summed E-state index contributed by atoms with van der Waals surface area (Å²) in [6.45, 7) is 6.57. The van der Waals surface area contributed by atoms with Crippen molar-refractivity contribution in [3.63, 3.8) is 0 Å². The normalized spacial score (nSPS) is 11.3. The first-order valence-corrected chi connectivity index (χ1v) is 5.69. The lowest BCUT2D eigenvalue weighted by molar-refractivity contribution is 0.354. The number of methoxy groups -OCH3 is 2. The summed E-state index contributed by atoms with van der Waals surface area (Å²) in [7, 11) is 3.30. The quantitative estimate of drug-likeness (QED) is 0.734. The predicted octanol–water partition coefficient (Wildman–Crippen LogP) is 3.59. The maximum Gasteiger partial charge on any atom is 0.161 e. The monoisotopic (exact) mass is 226 g/mol. The average Bonchev–Trinajstić information content (AvgIpc) is 2.15. The van der Waals surface area contributed by atoms with Gasteiger partial charge in [0.25, 0.3) is 0 Å². The topological polar surface area (TPSA) is 18.5 Å². The Hall–Kier alpha value is -0.830. The molecule has 0 atom stereocenters. The lowest BCUT2D eigenvalue weighted by Gasteiger charge is -2.18. The lowest BCUT2D eigenvalue weighted by atomic mass is 10.3. The number of rotatable bonds is 3. The fraction of sp³-hybridized carbons (Fsp3) is 0.500. The zero-order valence-corrected chi connectivity index (χ0v) is 10.8. The molecule has 0 bridgehead atoms. The molecule has 0 aliphatic heterocycles. The van der Waals surface area contributed by atoms with Gasteiger partial charge in [0.15, 0.2) is 11.5 Å². The van der Waals surface area contributed by atoms with Gasteiger partial charge in [0.2, 0.25) is 0 Å². The van der Waals surface area contributed by atoms with Crippen LogP contribution < -0.4 is 9.47 Å². The van der Waals surface area contributed by atoms with Crippen LogP contribution in [0.4, 0.5) is 0 Å². The van der Waals surface area contributed by atoms with E-state index >= 15 is 0 Å². The van der Waals surface area contributed by atoms with Crippen LogP contribution in [0.15, 0.2) is 23.1 Å². The largest absolute Gasteiger partial charge is 0.493 e. The Labute approximate surface area is 96.0 Å². The summed E-state index contributed by atoms with van der Waals surface area (Å²) < 4.78 is 10.6. The van der Waals surface area contributed by atoms with E-state index in [4.69, 9.17) is 9.47 Å². The van der Waals surface area contributed by atoms with Crippen LogP contribution in [0.2, 0.25) is 0 Å². The molecule has 0 spiro atoms. The molecular formula is C12H18O2S. The summed E-state index contributed by atoms with van der Waals surface area (Å²) >= 11 is 1.81. The molecule has 0 amide bonds. The number of hydrogen-bond donors (Lipinski definition) is 0. The minimum atomic E-state index is 0.208. The van der Waals surface area contributed by atoms with Gasteiger partial charge in [-0.15, -0.1) is 11.8 Å². The number of thioether (sulfide) groups is 1.